The van der Waals surface area contributed by atoms with Gasteiger partial charge in [0.25, 0.3) is 0 Å². The lowest BCUT2D eigenvalue weighted by Gasteiger charge is -2.30. The standard InChI is InChI=1S/C12H25/c1-7-10(5)11(6)12(8-2)9(3)4/h9-12H,2,7-8H2,1,3-6H3. The van der Waals surface area contributed by atoms with Crippen molar-refractivity contribution in [3.63, 3.8) is 0 Å². The topological polar surface area (TPSA) is 0 Å². The van der Waals surface area contributed by atoms with Gasteiger partial charge in [0, 0.05) is 0 Å². The van der Waals surface area contributed by atoms with Crippen molar-refractivity contribution in [3.8, 4) is 0 Å². The first-order valence-corrected chi connectivity index (χ1v) is 5.33. The average molecular weight is 169 g/mol. The van der Waals surface area contributed by atoms with Crippen LogP contribution in [0.5, 0.6) is 0 Å². The first kappa shape index (κ1) is 12.0. The van der Waals surface area contributed by atoms with E-state index in [0.29, 0.717) is 0 Å². The summed E-state index contributed by atoms with van der Waals surface area (Å²) in [7, 11) is 0. The normalized spacial score (nSPS) is 19.2. The van der Waals surface area contributed by atoms with Gasteiger partial charge in [0.15, 0.2) is 0 Å². The van der Waals surface area contributed by atoms with E-state index >= 15 is 0 Å². The van der Waals surface area contributed by atoms with Crippen LogP contribution in [0.2, 0.25) is 0 Å². The summed E-state index contributed by atoms with van der Waals surface area (Å²) in [5.41, 5.74) is 0. The zero-order valence-corrected chi connectivity index (χ0v) is 9.43. The van der Waals surface area contributed by atoms with Crippen molar-refractivity contribution in [1.29, 1.82) is 0 Å². The molecule has 3 unspecified atom stereocenters. The highest BCUT2D eigenvalue weighted by molar-refractivity contribution is 4.74. The van der Waals surface area contributed by atoms with Crippen molar-refractivity contribution >= 4 is 0 Å². The van der Waals surface area contributed by atoms with Gasteiger partial charge >= 0.3 is 0 Å². The zero-order valence-electron chi connectivity index (χ0n) is 9.43. The highest BCUT2D eigenvalue weighted by Crippen LogP contribution is 2.30. The van der Waals surface area contributed by atoms with E-state index in [4.69, 9.17) is 0 Å². The van der Waals surface area contributed by atoms with Crippen LogP contribution < -0.4 is 0 Å². The molecule has 0 nitrogen and oxygen atoms in total. The Kier molecular flexibility index (Phi) is 5.61. The Morgan fingerprint density at radius 1 is 1.08 bits per heavy atom. The summed E-state index contributed by atoms with van der Waals surface area (Å²) in [5.74, 6) is 3.26. The van der Waals surface area contributed by atoms with Crippen LogP contribution in [0.4, 0.5) is 0 Å². The molecule has 0 heterocycles. The summed E-state index contributed by atoms with van der Waals surface area (Å²) in [6, 6.07) is 0. The first-order valence-electron chi connectivity index (χ1n) is 5.33. The van der Waals surface area contributed by atoms with Crippen LogP contribution in [-0.4, -0.2) is 0 Å². The summed E-state index contributed by atoms with van der Waals surface area (Å²) in [6.45, 7) is 15.7. The Morgan fingerprint density at radius 3 is 1.83 bits per heavy atom. The van der Waals surface area contributed by atoms with Crippen LogP contribution in [0.15, 0.2) is 0 Å². The van der Waals surface area contributed by atoms with E-state index in [1.165, 1.54) is 6.42 Å². The molecule has 0 aliphatic rings. The molecule has 0 rings (SSSR count). The van der Waals surface area contributed by atoms with Crippen molar-refractivity contribution in [3.05, 3.63) is 6.92 Å². The second-order valence-electron chi connectivity index (χ2n) is 4.44. The molecule has 3 atom stereocenters. The van der Waals surface area contributed by atoms with Crippen LogP contribution in [0, 0.1) is 30.6 Å². The Bertz CT molecular complexity index is 105. The minimum absolute atomic E-state index is 0.784. The van der Waals surface area contributed by atoms with Gasteiger partial charge in [0.2, 0.25) is 0 Å². The van der Waals surface area contributed by atoms with Gasteiger partial charge < -0.3 is 0 Å². The molecule has 1 radical (unpaired) electrons. The molecular weight excluding hydrogens is 144 g/mol. The molecule has 0 saturated heterocycles. The van der Waals surface area contributed by atoms with Gasteiger partial charge in [0.1, 0.15) is 0 Å². The minimum atomic E-state index is 0.784. The summed E-state index contributed by atoms with van der Waals surface area (Å²) in [6.07, 6.45) is 2.38. The maximum atomic E-state index is 4.05. The van der Waals surface area contributed by atoms with Crippen molar-refractivity contribution in [2.75, 3.05) is 0 Å². The highest BCUT2D eigenvalue weighted by Gasteiger charge is 2.22. The Balaban J connectivity index is 4.10. The molecule has 0 fully saturated rings. The summed E-state index contributed by atoms with van der Waals surface area (Å²) in [4.78, 5) is 0. The second kappa shape index (κ2) is 5.61. The second-order valence-corrected chi connectivity index (χ2v) is 4.44. The predicted molar refractivity (Wildman–Crippen MR) is 56.9 cm³/mol. The van der Waals surface area contributed by atoms with Crippen molar-refractivity contribution in [2.24, 2.45) is 23.7 Å². The van der Waals surface area contributed by atoms with Crippen molar-refractivity contribution in [1.82, 2.24) is 0 Å². The van der Waals surface area contributed by atoms with Crippen molar-refractivity contribution in [2.45, 2.75) is 47.5 Å². The maximum Gasteiger partial charge on any atom is -0.0363 e. The Labute approximate surface area is 78.8 Å². The van der Waals surface area contributed by atoms with Gasteiger partial charge in [0.05, 0.1) is 0 Å². The predicted octanol–water partition coefficient (Wildman–Crippen LogP) is 4.16. The third-order valence-corrected chi connectivity index (χ3v) is 3.41. The molecule has 0 N–H and O–H groups in total. The van der Waals surface area contributed by atoms with Gasteiger partial charge in [-0.15, -0.1) is 0 Å². The highest BCUT2D eigenvalue weighted by atomic mass is 14.3. The molecule has 0 heteroatoms. The van der Waals surface area contributed by atoms with Gasteiger partial charge in [-0.1, -0.05) is 48.0 Å². The molecule has 12 heavy (non-hydrogen) atoms. The minimum Gasteiger partial charge on any atom is -0.0651 e. The van der Waals surface area contributed by atoms with Crippen molar-refractivity contribution < 1.29 is 0 Å². The fraction of sp³-hybridized carbons (Fsp3) is 0.917. The van der Waals surface area contributed by atoms with Gasteiger partial charge in [-0.25, -0.2) is 0 Å². The Morgan fingerprint density at radius 2 is 1.58 bits per heavy atom. The number of hydrogen-bond donors (Lipinski definition) is 0. The SMILES string of the molecule is [CH2]CC(C(C)C)C(C)C(C)CC. The lowest BCUT2D eigenvalue weighted by molar-refractivity contribution is 0.202. The molecule has 0 aromatic carbocycles. The molecule has 0 bridgehead atoms. The van der Waals surface area contributed by atoms with Crippen LogP contribution in [-0.2, 0) is 0 Å². The molecule has 0 aliphatic carbocycles. The molecule has 0 saturated carbocycles. The lowest BCUT2D eigenvalue weighted by Crippen LogP contribution is -2.22. The largest absolute Gasteiger partial charge is 0.0651 e. The van der Waals surface area contributed by atoms with E-state index in [1.54, 1.807) is 0 Å². The molecule has 0 spiro atoms. The van der Waals surface area contributed by atoms with E-state index in [1.807, 2.05) is 0 Å². The van der Waals surface area contributed by atoms with E-state index in [2.05, 4.69) is 41.5 Å². The maximum absolute atomic E-state index is 4.05. The quantitative estimate of drug-likeness (QED) is 0.579. The van der Waals surface area contributed by atoms with Crippen LogP contribution in [0.25, 0.3) is 0 Å². The molecule has 0 aromatic heterocycles. The summed E-state index contributed by atoms with van der Waals surface area (Å²) in [5, 5.41) is 0. The fourth-order valence-electron chi connectivity index (χ4n) is 2.00. The van der Waals surface area contributed by atoms with E-state index in [0.717, 1.165) is 30.1 Å². The number of hydrogen-bond acceptors (Lipinski definition) is 0. The summed E-state index contributed by atoms with van der Waals surface area (Å²) >= 11 is 0. The monoisotopic (exact) mass is 169 g/mol. The third-order valence-electron chi connectivity index (χ3n) is 3.41. The van der Waals surface area contributed by atoms with Gasteiger partial charge in [-0.05, 0) is 30.1 Å². The van der Waals surface area contributed by atoms with E-state index in [-0.39, 0.29) is 0 Å². The molecule has 0 aromatic rings. The van der Waals surface area contributed by atoms with Crippen LogP contribution in [0.1, 0.15) is 47.5 Å². The van der Waals surface area contributed by atoms with Gasteiger partial charge in [-0.2, -0.15) is 0 Å². The zero-order chi connectivity index (χ0) is 9.72. The fourth-order valence-corrected chi connectivity index (χ4v) is 2.00. The summed E-state index contributed by atoms with van der Waals surface area (Å²) < 4.78 is 0. The molecule has 0 amide bonds. The number of rotatable bonds is 5. The van der Waals surface area contributed by atoms with E-state index in [9.17, 15) is 0 Å². The lowest BCUT2D eigenvalue weighted by atomic mass is 9.75. The van der Waals surface area contributed by atoms with Crippen LogP contribution >= 0.6 is 0 Å². The van der Waals surface area contributed by atoms with Crippen LogP contribution in [0.3, 0.4) is 0 Å². The molecule has 73 valence electrons. The first-order chi connectivity index (χ1) is 5.54. The van der Waals surface area contributed by atoms with E-state index < -0.39 is 0 Å². The third kappa shape index (κ3) is 3.16. The van der Waals surface area contributed by atoms with Gasteiger partial charge in [-0.3, -0.25) is 0 Å². The average Bonchev–Trinajstić information content (AvgIpc) is 2.03. The molecule has 0 aliphatic heterocycles. The smallest absolute Gasteiger partial charge is 0.0363 e. The Hall–Kier alpha value is 0. The molecular formula is C12H25.